The number of likely N-dealkylation sites (tertiary alicyclic amines) is 1. The normalized spacial score (nSPS) is 17.1. The van der Waals surface area contributed by atoms with Gasteiger partial charge in [-0.05, 0) is 43.7 Å². The zero-order valence-electron chi connectivity index (χ0n) is 11.8. The average Bonchev–Trinajstić information content (AvgIpc) is 2.47. The lowest BCUT2D eigenvalue weighted by Gasteiger charge is -2.31. The Hall–Kier alpha value is -1.07. The molecule has 1 amide bonds. The molecule has 0 aliphatic carbocycles. The van der Waals surface area contributed by atoms with Gasteiger partial charge in [-0.25, -0.2) is 4.39 Å². The molecule has 2 rings (SSSR count). The number of hydrogen-bond acceptors (Lipinski definition) is 3. The second kappa shape index (κ2) is 7.64. The van der Waals surface area contributed by atoms with E-state index < -0.39 is 0 Å². The van der Waals surface area contributed by atoms with Crippen molar-refractivity contribution in [2.45, 2.75) is 30.7 Å². The van der Waals surface area contributed by atoms with Gasteiger partial charge in [0.05, 0.1) is 5.75 Å². The Morgan fingerprint density at radius 2 is 2.00 bits per heavy atom. The fourth-order valence-corrected chi connectivity index (χ4v) is 3.05. The van der Waals surface area contributed by atoms with Crippen molar-refractivity contribution in [2.75, 3.05) is 25.4 Å². The van der Waals surface area contributed by atoms with Crippen LogP contribution in [-0.4, -0.2) is 42.2 Å². The molecule has 110 valence electrons. The highest BCUT2D eigenvalue weighted by atomic mass is 32.2. The topological polar surface area (TPSA) is 32.3 Å². The Morgan fingerprint density at radius 3 is 2.60 bits per heavy atom. The van der Waals surface area contributed by atoms with E-state index in [0.717, 1.165) is 37.4 Å². The quantitative estimate of drug-likeness (QED) is 0.848. The summed E-state index contributed by atoms with van der Waals surface area (Å²) in [6.07, 6.45) is 2.06. The maximum absolute atomic E-state index is 12.8. The summed E-state index contributed by atoms with van der Waals surface area (Å²) in [6.45, 7) is 5.37. The van der Waals surface area contributed by atoms with Crippen LogP contribution in [0.4, 0.5) is 4.39 Å². The molecule has 20 heavy (non-hydrogen) atoms. The second-order valence-corrected chi connectivity index (χ2v) is 6.07. The predicted molar refractivity (Wildman–Crippen MR) is 80.4 cm³/mol. The number of hydrogen-bond donors (Lipinski definition) is 1. The maximum atomic E-state index is 12.8. The number of carbonyl (C=O) groups is 1. The van der Waals surface area contributed by atoms with E-state index in [1.807, 2.05) is 0 Å². The molecule has 1 fully saturated rings. The zero-order valence-corrected chi connectivity index (χ0v) is 12.6. The van der Waals surface area contributed by atoms with Crippen LogP contribution in [0.2, 0.25) is 0 Å². The van der Waals surface area contributed by atoms with E-state index in [0.29, 0.717) is 11.8 Å². The summed E-state index contributed by atoms with van der Waals surface area (Å²) in [4.78, 5) is 15.2. The SMILES string of the molecule is CCN1CCC(NC(=O)CSc2ccc(F)cc2)CC1. The van der Waals surface area contributed by atoms with Gasteiger partial charge >= 0.3 is 0 Å². The van der Waals surface area contributed by atoms with Crippen molar-refractivity contribution in [3.63, 3.8) is 0 Å². The van der Waals surface area contributed by atoms with Crippen LogP contribution in [0.1, 0.15) is 19.8 Å². The first-order valence-corrected chi connectivity index (χ1v) is 8.06. The highest BCUT2D eigenvalue weighted by molar-refractivity contribution is 8.00. The zero-order chi connectivity index (χ0) is 14.4. The molecule has 0 radical (unpaired) electrons. The smallest absolute Gasteiger partial charge is 0.230 e. The first-order chi connectivity index (χ1) is 9.67. The van der Waals surface area contributed by atoms with E-state index in [-0.39, 0.29) is 11.7 Å². The molecular weight excluding hydrogens is 275 g/mol. The summed E-state index contributed by atoms with van der Waals surface area (Å²) in [5.41, 5.74) is 0. The third kappa shape index (κ3) is 4.80. The van der Waals surface area contributed by atoms with Gasteiger partial charge < -0.3 is 10.2 Å². The number of rotatable bonds is 5. The van der Waals surface area contributed by atoms with Gasteiger partial charge in [0.2, 0.25) is 5.91 Å². The molecule has 1 aromatic carbocycles. The van der Waals surface area contributed by atoms with Crippen LogP contribution in [-0.2, 0) is 4.79 Å². The van der Waals surface area contributed by atoms with Gasteiger partial charge in [0.25, 0.3) is 0 Å². The molecule has 0 bridgehead atoms. The highest BCUT2D eigenvalue weighted by Gasteiger charge is 2.19. The lowest BCUT2D eigenvalue weighted by Crippen LogP contribution is -2.45. The second-order valence-electron chi connectivity index (χ2n) is 5.02. The van der Waals surface area contributed by atoms with Crippen molar-refractivity contribution in [1.82, 2.24) is 10.2 Å². The summed E-state index contributed by atoms with van der Waals surface area (Å²) in [5, 5.41) is 3.08. The van der Waals surface area contributed by atoms with Crippen LogP contribution in [0.15, 0.2) is 29.2 Å². The van der Waals surface area contributed by atoms with E-state index in [9.17, 15) is 9.18 Å². The fraction of sp³-hybridized carbons (Fsp3) is 0.533. The Bertz CT molecular complexity index is 430. The number of piperidine rings is 1. The summed E-state index contributed by atoms with van der Waals surface area (Å²) in [6, 6.07) is 6.54. The van der Waals surface area contributed by atoms with Gasteiger partial charge in [-0.1, -0.05) is 6.92 Å². The first-order valence-electron chi connectivity index (χ1n) is 7.07. The van der Waals surface area contributed by atoms with Crippen molar-refractivity contribution in [3.05, 3.63) is 30.1 Å². The van der Waals surface area contributed by atoms with Crippen molar-refractivity contribution >= 4 is 17.7 Å². The summed E-state index contributed by atoms with van der Waals surface area (Å²) in [5.74, 6) is 0.204. The van der Waals surface area contributed by atoms with Gasteiger partial charge in [-0.3, -0.25) is 4.79 Å². The molecule has 0 unspecified atom stereocenters. The molecular formula is C15H21FN2OS. The predicted octanol–water partition coefficient (Wildman–Crippen LogP) is 2.52. The Labute approximate surface area is 123 Å². The maximum Gasteiger partial charge on any atom is 0.230 e. The van der Waals surface area contributed by atoms with Crippen molar-refractivity contribution in [3.8, 4) is 0 Å². The molecule has 0 saturated carbocycles. The van der Waals surface area contributed by atoms with Gasteiger partial charge in [0, 0.05) is 24.0 Å². The highest BCUT2D eigenvalue weighted by Crippen LogP contribution is 2.18. The van der Waals surface area contributed by atoms with Crippen LogP contribution in [0.5, 0.6) is 0 Å². The monoisotopic (exact) mass is 296 g/mol. The molecule has 0 spiro atoms. The number of nitrogens with zero attached hydrogens (tertiary/aromatic N) is 1. The first kappa shape index (κ1) is 15.3. The number of benzene rings is 1. The third-order valence-electron chi connectivity index (χ3n) is 3.58. The minimum absolute atomic E-state index is 0.0641. The Kier molecular flexibility index (Phi) is 5.86. The summed E-state index contributed by atoms with van der Waals surface area (Å²) in [7, 11) is 0. The van der Waals surface area contributed by atoms with E-state index in [4.69, 9.17) is 0 Å². The molecule has 1 aliphatic heterocycles. The number of nitrogens with one attached hydrogen (secondary N) is 1. The van der Waals surface area contributed by atoms with Crippen LogP contribution in [0, 0.1) is 5.82 Å². The average molecular weight is 296 g/mol. The van der Waals surface area contributed by atoms with Crippen LogP contribution >= 0.6 is 11.8 Å². The third-order valence-corrected chi connectivity index (χ3v) is 4.60. The van der Waals surface area contributed by atoms with E-state index in [1.165, 1.54) is 23.9 Å². The lowest BCUT2D eigenvalue weighted by molar-refractivity contribution is -0.119. The van der Waals surface area contributed by atoms with E-state index in [1.54, 1.807) is 12.1 Å². The molecule has 1 aliphatic rings. The molecule has 1 saturated heterocycles. The van der Waals surface area contributed by atoms with Gasteiger partial charge in [0.15, 0.2) is 0 Å². The minimum atomic E-state index is -0.249. The summed E-state index contributed by atoms with van der Waals surface area (Å²) >= 11 is 1.44. The van der Waals surface area contributed by atoms with Crippen molar-refractivity contribution in [2.24, 2.45) is 0 Å². The molecule has 1 heterocycles. The van der Waals surface area contributed by atoms with Gasteiger partial charge in [-0.15, -0.1) is 11.8 Å². The molecule has 5 heteroatoms. The van der Waals surface area contributed by atoms with Crippen LogP contribution in [0.25, 0.3) is 0 Å². The molecule has 0 aromatic heterocycles. The molecule has 1 aromatic rings. The fourth-order valence-electron chi connectivity index (χ4n) is 2.34. The number of amides is 1. The van der Waals surface area contributed by atoms with Crippen molar-refractivity contribution in [1.29, 1.82) is 0 Å². The van der Waals surface area contributed by atoms with Crippen LogP contribution in [0.3, 0.4) is 0 Å². The number of thioether (sulfide) groups is 1. The lowest BCUT2D eigenvalue weighted by atomic mass is 10.1. The number of carbonyl (C=O) groups excluding carboxylic acids is 1. The largest absolute Gasteiger partial charge is 0.353 e. The Morgan fingerprint density at radius 1 is 1.35 bits per heavy atom. The number of halogens is 1. The van der Waals surface area contributed by atoms with Crippen molar-refractivity contribution < 1.29 is 9.18 Å². The standard InChI is InChI=1S/C15H21FN2OS/c1-2-18-9-7-13(8-10-18)17-15(19)11-20-14-5-3-12(16)4-6-14/h3-6,13H,2,7-11H2,1H3,(H,17,19). The molecule has 3 nitrogen and oxygen atoms in total. The molecule has 0 atom stereocenters. The molecule has 1 N–H and O–H groups in total. The minimum Gasteiger partial charge on any atom is -0.353 e. The van der Waals surface area contributed by atoms with E-state index >= 15 is 0 Å². The van der Waals surface area contributed by atoms with E-state index in [2.05, 4.69) is 17.1 Å². The Balaban J connectivity index is 1.69. The summed E-state index contributed by atoms with van der Waals surface area (Å²) < 4.78 is 12.8. The van der Waals surface area contributed by atoms with Gasteiger partial charge in [0.1, 0.15) is 5.82 Å². The van der Waals surface area contributed by atoms with Gasteiger partial charge in [-0.2, -0.15) is 0 Å². The van der Waals surface area contributed by atoms with Crippen LogP contribution < -0.4 is 5.32 Å².